The second-order valence-electron chi connectivity index (χ2n) is 10.2. The lowest BCUT2D eigenvalue weighted by atomic mass is 9.90. The van der Waals surface area contributed by atoms with Gasteiger partial charge in [0, 0.05) is 21.2 Å². The van der Waals surface area contributed by atoms with Crippen molar-refractivity contribution in [3.63, 3.8) is 0 Å². The Balaban J connectivity index is 1.80. The lowest BCUT2D eigenvalue weighted by Gasteiger charge is -2.24. The number of aromatic nitrogens is 1. The summed E-state index contributed by atoms with van der Waals surface area (Å²) in [6, 6.07) is 20.8. The van der Waals surface area contributed by atoms with Crippen LogP contribution in [0.3, 0.4) is 0 Å². The molecule has 0 N–H and O–H groups in total. The van der Waals surface area contributed by atoms with Crippen LogP contribution in [0.5, 0.6) is 0 Å². The highest BCUT2D eigenvalue weighted by atomic mass is 32.2. The van der Waals surface area contributed by atoms with Crippen LogP contribution in [0.4, 0.5) is 0 Å². The number of hydrogen-bond acceptors (Lipinski definition) is 1. The monoisotopic (exact) mass is 450 g/mol. The summed E-state index contributed by atoms with van der Waals surface area (Å²) in [5.74, 6) is 0. The number of fused-ring (bicyclic) bond motifs is 5. The fourth-order valence-electron chi connectivity index (χ4n) is 5.37. The molecule has 1 aromatic heterocycles. The van der Waals surface area contributed by atoms with Gasteiger partial charge in [0.05, 0.1) is 19.0 Å². The Morgan fingerprint density at radius 1 is 0.781 bits per heavy atom. The molecule has 1 nitrogen and oxygen atoms in total. The first-order valence-corrected chi connectivity index (χ1v) is 15.7. The third-order valence-corrected chi connectivity index (χ3v) is 10.5. The van der Waals surface area contributed by atoms with E-state index in [0.29, 0.717) is 0 Å². The Morgan fingerprint density at radius 2 is 1.50 bits per heavy atom. The van der Waals surface area contributed by atoms with Gasteiger partial charge in [0.25, 0.3) is 0 Å². The molecule has 3 heteroatoms. The molecular formula is C29H28NSSi+. The van der Waals surface area contributed by atoms with E-state index in [9.17, 15) is 0 Å². The van der Waals surface area contributed by atoms with Crippen LogP contribution in [-0.4, -0.2) is 8.07 Å². The molecule has 158 valence electrons. The number of benzene rings is 4. The van der Waals surface area contributed by atoms with E-state index >= 15 is 0 Å². The summed E-state index contributed by atoms with van der Waals surface area (Å²) in [5, 5.41) is 9.79. The summed E-state index contributed by atoms with van der Waals surface area (Å²) in [5.41, 5.74) is 5.55. The van der Waals surface area contributed by atoms with Gasteiger partial charge in [-0.25, -0.2) is 4.57 Å². The first kappa shape index (κ1) is 20.0. The van der Waals surface area contributed by atoms with Gasteiger partial charge in [-0.2, -0.15) is 0 Å². The van der Waals surface area contributed by atoms with Gasteiger partial charge in [0.15, 0.2) is 6.20 Å². The molecule has 32 heavy (non-hydrogen) atoms. The van der Waals surface area contributed by atoms with Crippen molar-refractivity contribution in [1.29, 1.82) is 0 Å². The van der Waals surface area contributed by atoms with Crippen molar-refractivity contribution in [1.82, 2.24) is 0 Å². The maximum absolute atomic E-state index is 2.48. The molecule has 0 unspecified atom stereocenters. The van der Waals surface area contributed by atoms with E-state index in [1.807, 2.05) is 11.8 Å². The number of nitrogens with zero attached hydrogens (tertiary/aromatic N) is 1. The van der Waals surface area contributed by atoms with Gasteiger partial charge in [0.1, 0.15) is 7.05 Å². The van der Waals surface area contributed by atoms with Crippen LogP contribution >= 0.6 is 11.8 Å². The molecule has 0 saturated carbocycles. The van der Waals surface area contributed by atoms with Crippen molar-refractivity contribution in [3.8, 4) is 11.3 Å². The normalized spacial score (nSPS) is 13.2. The van der Waals surface area contributed by atoms with E-state index in [1.165, 1.54) is 69.7 Å². The number of aryl methyl sites for hydroxylation is 3. The molecule has 4 aromatic carbocycles. The van der Waals surface area contributed by atoms with Crippen LogP contribution in [0, 0.1) is 13.8 Å². The summed E-state index contributed by atoms with van der Waals surface area (Å²) in [7, 11) is 0.814. The predicted molar refractivity (Wildman–Crippen MR) is 142 cm³/mol. The van der Waals surface area contributed by atoms with Gasteiger partial charge in [-0.3, -0.25) is 0 Å². The van der Waals surface area contributed by atoms with Gasteiger partial charge in [-0.05, 0) is 52.6 Å². The van der Waals surface area contributed by atoms with Crippen molar-refractivity contribution < 1.29 is 4.57 Å². The number of rotatable bonds is 1. The Labute approximate surface area is 195 Å². The first-order valence-electron chi connectivity index (χ1n) is 11.4. The lowest BCUT2D eigenvalue weighted by molar-refractivity contribution is -0.659. The SMILES string of the molecule is Cc1c2c(c(C)c3ccccc13)-c1c3c(cc4ccc([Si](C)(C)C)cc4c3cc[n+]1C)S2. The Kier molecular flexibility index (Phi) is 4.19. The first-order chi connectivity index (χ1) is 15.3. The van der Waals surface area contributed by atoms with Crippen LogP contribution < -0.4 is 9.75 Å². The zero-order valence-electron chi connectivity index (χ0n) is 19.6. The molecule has 6 rings (SSSR count). The molecule has 0 fully saturated rings. The fraction of sp³-hybridized carbons (Fsp3) is 0.207. The van der Waals surface area contributed by atoms with Gasteiger partial charge in [-0.1, -0.05) is 79.1 Å². The Hall–Kier alpha value is -2.62. The molecule has 1 aliphatic heterocycles. The van der Waals surface area contributed by atoms with Crippen molar-refractivity contribution in [2.45, 2.75) is 43.3 Å². The summed E-state index contributed by atoms with van der Waals surface area (Å²) >= 11 is 1.96. The van der Waals surface area contributed by atoms with Crippen LogP contribution in [0.25, 0.3) is 43.6 Å². The molecular weight excluding hydrogens is 422 g/mol. The molecule has 0 aliphatic carbocycles. The summed E-state index contributed by atoms with van der Waals surface area (Å²) in [6.45, 7) is 11.9. The minimum absolute atomic E-state index is 1.35. The van der Waals surface area contributed by atoms with Gasteiger partial charge >= 0.3 is 0 Å². The Morgan fingerprint density at radius 3 is 2.22 bits per heavy atom. The highest BCUT2D eigenvalue weighted by Gasteiger charge is 2.31. The van der Waals surface area contributed by atoms with Gasteiger partial charge in [-0.15, -0.1) is 0 Å². The van der Waals surface area contributed by atoms with E-state index < -0.39 is 8.07 Å². The zero-order valence-corrected chi connectivity index (χ0v) is 21.4. The van der Waals surface area contributed by atoms with Crippen molar-refractivity contribution in [2.75, 3.05) is 0 Å². The standard InChI is InChI=1S/C29H28NSSi/c1-17-21-9-7-8-10-22(21)18(2)29-26(17)28-27-23(13-14-30(28)3)24-16-20(32(4,5)6)12-11-19(24)15-25(27)31-29/h7-16H,1-6H3/q+1. The summed E-state index contributed by atoms with van der Waals surface area (Å²) in [6.07, 6.45) is 2.26. The highest BCUT2D eigenvalue weighted by molar-refractivity contribution is 8.00. The molecule has 0 bridgehead atoms. The smallest absolute Gasteiger partial charge is 0.200 e. The molecule has 5 aromatic rings. The summed E-state index contributed by atoms with van der Waals surface area (Å²) in [4.78, 5) is 2.79. The van der Waals surface area contributed by atoms with E-state index in [-0.39, 0.29) is 0 Å². The number of pyridine rings is 1. The quantitative estimate of drug-likeness (QED) is 0.145. The van der Waals surface area contributed by atoms with Crippen LogP contribution in [0.15, 0.2) is 70.6 Å². The van der Waals surface area contributed by atoms with Gasteiger partial charge < -0.3 is 0 Å². The van der Waals surface area contributed by atoms with Crippen LogP contribution in [0.2, 0.25) is 19.6 Å². The average molecular weight is 451 g/mol. The summed E-state index contributed by atoms with van der Waals surface area (Å²) < 4.78 is 2.33. The molecule has 0 amide bonds. The molecule has 0 spiro atoms. The maximum Gasteiger partial charge on any atom is 0.222 e. The third kappa shape index (κ3) is 2.68. The van der Waals surface area contributed by atoms with Crippen molar-refractivity contribution >= 4 is 57.3 Å². The zero-order chi connectivity index (χ0) is 22.4. The maximum atomic E-state index is 2.48. The largest absolute Gasteiger partial charge is 0.222 e. The Bertz CT molecular complexity index is 1610. The fourth-order valence-corrected chi connectivity index (χ4v) is 7.86. The molecule has 0 radical (unpaired) electrons. The minimum atomic E-state index is -1.39. The highest BCUT2D eigenvalue weighted by Crippen LogP contribution is 2.52. The van der Waals surface area contributed by atoms with E-state index in [4.69, 9.17) is 0 Å². The van der Waals surface area contributed by atoms with E-state index in [0.717, 1.165) is 0 Å². The average Bonchev–Trinajstić information content (AvgIpc) is 2.77. The third-order valence-electron chi connectivity index (χ3n) is 7.19. The minimum Gasteiger partial charge on any atom is -0.200 e. The molecule has 2 heterocycles. The van der Waals surface area contributed by atoms with Gasteiger partial charge in [0.2, 0.25) is 5.69 Å². The second kappa shape index (κ2) is 6.69. The van der Waals surface area contributed by atoms with Crippen LogP contribution in [-0.2, 0) is 7.05 Å². The molecule has 0 saturated heterocycles. The second-order valence-corrected chi connectivity index (χ2v) is 16.4. The van der Waals surface area contributed by atoms with E-state index in [2.05, 4.69) is 106 Å². The topological polar surface area (TPSA) is 3.88 Å². The van der Waals surface area contributed by atoms with Crippen molar-refractivity contribution in [2.24, 2.45) is 7.05 Å². The molecule has 0 atom stereocenters. The molecule has 1 aliphatic rings. The predicted octanol–water partition coefficient (Wildman–Crippen LogP) is 7.26. The van der Waals surface area contributed by atoms with Crippen LogP contribution in [0.1, 0.15) is 11.1 Å². The van der Waals surface area contributed by atoms with Crippen molar-refractivity contribution in [3.05, 3.63) is 71.9 Å². The van der Waals surface area contributed by atoms with E-state index in [1.54, 1.807) is 0 Å². The number of hydrogen-bond donors (Lipinski definition) is 0. The lowest BCUT2D eigenvalue weighted by Crippen LogP contribution is -2.37.